The average molecular weight is 286 g/mol. The maximum absolute atomic E-state index is 12.1. The summed E-state index contributed by atoms with van der Waals surface area (Å²) in [5, 5.41) is 10.3. The van der Waals surface area contributed by atoms with Gasteiger partial charge in [-0.2, -0.15) is 17.8 Å². The van der Waals surface area contributed by atoms with Gasteiger partial charge in [0.15, 0.2) is 0 Å². The van der Waals surface area contributed by atoms with Crippen molar-refractivity contribution >= 4 is 16.2 Å². The Kier molecular flexibility index (Phi) is 4.61. The van der Waals surface area contributed by atoms with E-state index in [4.69, 9.17) is 0 Å². The first-order valence-electron chi connectivity index (χ1n) is 6.18. The SMILES string of the molecule is CNCC1CCN(S(=O)(=O)Nc2nccnn2)CC1. The van der Waals surface area contributed by atoms with Gasteiger partial charge in [0.1, 0.15) is 0 Å². The molecule has 1 saturated heterocycles. The van der Waals surface area contributed by atoms with Crippen molar-refractivity contribution in [3.63, 3.8) is 0 Å². The van der Waals surface area contributed by atoms with Gasteiger partial charge in [0.2, 0.25) is 0 Å². The van der Waals surface area contributed by atoms with Gasteiger partial charge in [0.05, 0.1) is 12.4 Å². The van der Waals surface area contributed by atoms with Gasteiger partial charge in [-0.25, -0.2) is 9.71 Å². The lowest BCUT2D eigenvalue weighted by molar-refractivity contribution is 0.272. The molecule has 9 heteroatoms. The third kappa shape index (κ3) is 3.82. The van der Waals surface area contributed by atoms with Gasteiger partial charge in [-0.15, -0.1) is 5.10 Å². The second kappa shape index (κ2) is 6.22. The van der Waals surface area contributed by atoms with E-state index in [-0.39, 0.29) is 5.95 Å². The maximum atomic E-state index is 12.1. The van der Waals surface area contributed by atoms with E-state index in [2.05, 4.69) is 25.2 Å². The number of piperidine rings is 1. The van der Waals surface area contributed by atoms with E-state index in [9.17, 15) is 8.42 Å². The smallest absolute Gasteiger partial charge is 0.304 e. The second-order valence-corrected chi connectivity index (χ2v) is 6.14. The Morgan fingerprint density at radius 2 is 2.11 bits per heavy atom. The first-order valence-corrected chi connectivity index (χ1v) is 7.62. The molecule has 0 bridgehead atoms. The normalized spacial score (nSPS) is 18.4. The molecule has 1 aliphatic rings. The lowest BCUT2D eigenvalue weighted by Gasteiger charge is -2.30. The molecule has 1 fully saturated rings. The van der Waals surface area contributed by atoms with E-state index < -0.39 is 10.2 Å². The molecule has 2 heterocycles. The van der Waals surface area contributed by atoms with Gasteiger partial charge in [0, 0.05) is 13.1 Å². The lowest BCUT2D eigenvalue weighted by Crippen LogP contribution is -2.43. The summed E-state index contributed by atoms with van der Waals surface area (Å²) < 4.78 is 28.0. The Hall–Kier alpha value is -1.32. The Morgan fingerprint density at radius 1 is 1.37 bits per heavy atom. The van der Waals surface area contributed by atoms with Crippen LogP contribution in [0.4, 0.5) is 5.95 Å². The summed E-state index contributed by atoms with van der Waals surface area (Å²) in [6, 6.07) is 0. The summed E-state index contributed by atoms with van der Waals surface area (Å²) in [5.41, 5.74) is 0. The zero-order valence-corrected chi connectivity index (χ0v) is 11.6. The lowest BCUT2D eigenvalue weighted by atomic mass is 9.98. The predicted octanol–water partition coefficient (Wildman–Crippen LogP) is -0.540. The molecular weight excluding hydrogens is 268 g/mol. The second-order valence-electron chi connectivity index (χ2n) is 4.47. The van der Waals surface area contributed by atoms with Gasteiger partial charge in [-0.3, -0.25) is 0 Å². The highest BCUT2D eigenvalue weighted by Crippen LogP contribution is 2.19. The van der Waals surface area contributed by atoms with Crippen molar-refractivity contribution in [1.29, 1.82) is 0 Å². The van der Waals surface area contributed by atoms with Gasteiger partial charge in [0.25, 0.3) is 5.95 Å². The van der Waals surface area contributed by atoms with Crippen LogP contribution in [0.15, 0.2) is 12.4 Å². The quantitative estimate of drug-likeness (QED) is 0.754. The van der Waals surface area contributed by atoms with E-state index in [1.54, 1.807) is 0 Å². The highest BCUT2D eigenvalue weighted by Gasteiger charge is 2.28. The van der Waals surface area contributed by atoms with Crippen LogP contribution in [-0.2, 0) is 10.2 Å². The third-order valence-electron chi connectivity index (χ3n) is 3.11. The first-order chi connectivity index (χ1) is 9.12. The monoisotopic (exact) mass is 286 g/mol. The van der Waals surface area contributed by atoms with Crippen molar-refractivity contribution in [2.45, 2.75) is 12.8 Å². The summed E-state index contributed by atoms with van der Waals surface area (Å²) in [5.74, 6) is 0.533. The van der Waals surface area contributed by atoms with Gasteiger partial charge in [-0.1, -0.05) is 0 Å². The highest BCUT2D eigenvalue weighted by molar-refractivity contribution is 7.90. The maximum Gasteiger partial charge on any atom is 0.304 e. The highest BCUT2D eigenvalue weighted by atomic mass is 32.2. The van der Waals surface area contributed by atoms with Crippen LogP contribution in [0, 0.1) is 5.92 Å². The summed E-state index contributed by atoms with van der Waals surface area (Å²) in [6.45, 7) is 1.96. The van der Waals surface area contributed by atoms with Crippen LogP contribution in [0.5, 0.6) is 0 Å². The molecule has 1 aromatic heterocycles. The van der Waals surface area contributed by atoms with Crippen LogP contribution >= 0.6 is 0 Å². The Morgan fingerprint density at radius 3 is 2.68 bits per heavy atom. The van der Waals surface area contributed by atoms with Gasteiger partial charge >= 0.3 is 10.2 Å². The van der Waals surface area contributed by atoms with Crippen LogP contribution < -0.4 is 10.0 Å². The molecule has 8 nitrogen and oxygen atoms in total. The van der Waals surface area contributed by atoms with Crippen molar-refractivity contribution in [3.8, 4) is 0 Å². The van der Waals surface area contributed by atoms with Crippen LogP contribution in [0.3, 0.4) is 0 Å². The molecule has 0 saturated carbocycles. The van der Waals surface area contributed by atoms with E-state index in [1.807, 2.05) is 7.05 Å². The number of nitrogens with one attached hydrogen (secondary N) is 2. The molecule has 0 aromatic carbocycles. The van der Waals surface area contributed by atoms with E-state index in [0.717, 1.165) is 19.4 Å². The summed E-state index contributed by atoms with van der Waals surface area (Å²) >= 11 is 0. The standard InChI is InChI=1S/C10H18N6O2S/c1-11-8-9-2-6-16(7-3-9)19(17,18)15-10-12-4-5-13-14-10/h4-5,9,11H,2-3,6-8H2,1H3,(H,12,14,15). The Balaban J connectivity index is 1.94. The number of hydrogen-bond acceptors (Lipinski definition) is 6. The fourth-order valence-electron chi connectivity index (χ4n) is 2.12. The minimum atomic E-state index is -3.58. The van der Waals surface area contributed by atoms with Crippen molar-refractivity contribution in [1.82, 2.24) is 24.8 Å². The molecule has 0 radical (unpaired) electrons. The molecule has 0 aliphatic carbocycles. The molecule has 0 spiro atoms. The van der Waals surface area contributed by atoms with E-state index in [0.29, 0.717) is 19.0 Å². The van der Waals surface area contributed by atoms with Crippen LogP contribution in [0.2, 0.25) is 0 Å². The number of nitrogens with zero attached hydrogens (tertiary/aromatic N) is 4. The summed E-state index contributed by atoms with van der Waals surface area (Å²) in [7, 11) is -1.67. The molecule has 0 amide bonds. The molecule has 2 rings (SSSR count). The number of aromatic nitrogens is 3. The first kappa shape index (κ1) is 14.1. The predicted molar refractivity (Wildman–Crippen MR) is 70.6 cm³/mol. The van der Waals surface area contributed by atoms with E-state index >= 15 is 0 Å². The zero-order chi connectivity index (χ0) is 13.7. The number of hydrogen-bond donors (Lipinski definition) is 2. The molecule has 2 N–H and O–H groups in total. The zero-order valence-electron chi connectivity index (χ0n) is 10.8. The van der Waals surface area contributed by atoms with Crippen LogP contribution in [0.25, 0.3) is 0 Å². The summed E-state index contributed by atoms with van der Waals surface area (Å²) in [4.78, 5) is 3.80. The Labute approximate surface area is 112 Å². The van der Waals surface area contributed by atoms with Gasteiger partial charge < -0.3 is 5.32 Å². The number of anilines is 1. The van der Waals surface area contributed by atoms with Crippen molar-refractivity contribution in [3.05, 3.63) is 12.4 Å². The largest absolute Gasteiger partial charge is 0.319 e. The van der Waals surface area contributed by atoms with E-state index in [1.165, 1.54) is 16.7 Å². The third-order valence-corrected chi connectivity index (χ3v) is 4.59. The number of rotatable bonds is 5. The Bertz CT molecular complexity index is 486. The molecule has 106 valence electrons. The minimum Gasteiger partial charge on any atom is -0.319 e. The topological polar surface area (TPSA) is 100 Å². The van der Waals surface area contributed by atoms with Crippen LogP contribution in [0.1, 0.15) is 12.8 Å². The van der Waals surface area contributed by atoms with Crippen molar-refractivity contribution in [2.75, 3.05) is 31.4 Å². The minimum absolute atomic E-state index is 0.000140. The molecule has 19 heavy (non-hydrogen) atoms. The average Bonchev–Trinajstić information content (AvgIpc) is 2.40. The van der Waals surface area contributed by atoms with Crippen LogP contribution in [-0.4, -0.2) is 54.6 Å². The summed E-state index contributed by atoms with van der Waals surface area (Å²) in [6.07, 6.45) is 4.50. The van der Waals surface area contributed by atoms with Crippen molar-refractivity contribution < 1.29 is 8.42 Å². The van der Waals surface area contributed by atoms with Crippen molar-refractivity contribution in [2.24, 2.45) is 5.92 Å². The fraction of sp³-hybridized carbons (Fsp3) is 0.700. The molecule has 0 atom stereocenters. The fourth-order valence-corrected chi connectivity index (χ4v) is 3.26. The molecule has 0 unspecified atom stereocenters. The molecule has 1 aliphatic heterocycles. The molecular formula is C10H18N6O2S. The molecule has 1 aromatic rings. The van der Waals surface area contributed by atoms with Gasteiger partial charge in [-0.05, 0) is 32.4 Å².